The number of anilines is 2. The van der Waals surface area contributed by atoms with E-state index >= 15 is 0 Å². The maximum Gasteiger partial charge on any atom is 0.256 e. The molecule has 1 heterocycles. The van der Waals surface area contributed by atoms with Crippen molar-refractivity contribution in [2.24, 2.45) is 0 Å². The molecule has 0 aliphatic heterocycles. The number of hydrogen-bond acceptors (Lipinski definition) is 3. The lowest BCUT2D eigenvalue weighted by Gasteiger charge is -2.12. The molecule has 19 heavy (non-hydrogen) atoms. The van der Waals surface area contributed by atoms with Crippen LogP contribution in [0, 0.1) is 13.8 Å². The topological polar surface area (TPSA) is 61.0 Å². The second-order valence-electron chi connectivity index (χ2n) is 4.72. The second-order valence-corrected chi connectivity index (χ2v) is 4.72. The maximum atomic E-state index is 12.1. The molecular weight excluding hydrogens is 240 g/mol. The van der Waals surface area contributed by atoms with Gasteiger partial charge in [-0.15, -0.1) is 0 Å². The zero-order valence-electron chi connectivity index (χ0n) is 11.6. The summed E-state index contributed by atoms with van der Waals surface area (Å²) in [6, 6.07) is 7.44. The van der Waals surface area contributed by atoms with Crippen LogP contribution in [0.15, 0.2) is 24.3 Å². The Morgan fingerprint density at radius 2 is 1.84 bits per heavy atom. The molecule has 5 nitrogen and oxygen atoms in total. The SMILES string of the molecule is Cc1[nH]nc(NC(=O)c2ccc(N(C)C)cc2)c1C. The molecule has 0 unspecified atom stereocenters. The first-order chi connectivity index (χ1) is 8.99. The van der Waals surface area contributed by atoms with E-state index in [1.54, 1.807) is 12.1 Å². The maximum absolute atomic E-state index is 12.1. The summed E-state index contributed by atoms with van der Waals surface area (Å²) in [6.45, 7) is 3.84. The van der Waals surface area contributed by atoms with Crippen LogP contribution in [0.3, 0.4) is 0 Å². The van der Waals surface area contributed by atoms with Gasteiger partial charge in [-0.3, -0.25) is 9.89 Å². The standard InChI is InChI=1S/C14H18N4O/c1-9-10(2)16-17-13(9)15-14(19)11-5-7-12(8-6-11)18(3)4/h5-8H,1-4H3,(H2,15,16,17,19). The summed E-state index contributed by atoms with van der Waals surface area (Å²) in [7, 11) is 3.93. The second kappa shape index (κ2) is 5.14. The van der Waals surface area contributed by atoms with Crippen molar-refractivity contribution in [3.63, 3.8) is 0 Å². The summed E-state index contributed by atoms with van der Waals surface area (Å²) in [5, 5.41) is 9.71. The van der Waals surface area contributed by atoms with Crippen LogP contribution in [-0.2, 0) is 0 Å². The number of aryl methyl sites for hydroxylation is 1. The molecule has 2 rings (SSSR count). The third kappa shape index (κ3) is 2.76. The van der Waals surface area contributed by atoms with Gasteiger partial charge in [0.25, 0.3) is 5.91 Å². The Balaban J connectivity index is 2.14. The fraction of sp³-hybridized carbons (Fsp3) is 0.286. The van der Waals surface area contributed by atoms with E-state index in [-0.39, 0.29) is 5.91 Å². The molecule has 0 atom stereocenters. The smallest absolute Gasteiger partial charge is 0.256 e. The number of benzene rings is 1. The summed E-state index contributed by atoms with van der Waals surface area (Å²) in [4.78, 5) is 14.1. The number of nitrogens with one attached hydrogen (secondary N) is 2. The van der Waals surface area contributed by atoms with Gasteiger partial charge in [0.2, 0.25) is 0 Å². The molecule has 0 fully saturated rings. The van der Waals surface area contributed by atoms with E-state index in [2.05, 4.69) is 15.5 Å². The van der Waals surface area contributed by atoms with Gasteiger partial charge in [0.05, 0.1) is 0 Å². The number of carbonyl (C=O) groups excluding carboxylic acids is 1. The first kappa shape index (κ1) is 13.1. The molecule has 1 aromatic carbocycles. The predicted octanol–water partition coefficient (Wildman–Crippen LogP) is 2.34. The highest BCUT2D eigenvalue weighted by Gasteiger charge is 2.11. The zero-order valence-corrected chi connectivity index (χ0v) is 11.6. The van der Waals surface area contributed by atoms with E-state index in [0.717, 1.165) is 16.9 Å². The van der Waals surface area contributed by atoms with E-state index in [1.807, 2.05) is 45.0 Å². The summed E-state index contributed by atoms with van der Waals surface area (Å²) < 4.78 is 0. The average molecular weight is 258 g/mol. The van der Waals surface area contributed by atoms with E-state index in [4.69, 9.17) is 0 Å². The molecule has 1 aromatic heterocycles. The number of hydrogen-bond donors (Lipinski definition) is 2. The van der Waals surface area contributed by atoms with Crippen molar-refractivity contribution in [2.45, 2.75) is 13.8 Å². The minimum Gasteiger partial charge on any atom is -0.378 e. The number of H-pyrrole nitrogens is 1. The molecule has 1 amide bonds. The molecule has 0 saturated carbocycles. The minimum absolute atomic E-state index is 0.153. The highest BCUT2D eigenvalue weighted by atomic mass is 16.1. The molecule has 0 saturated heterocycles. The van der Waals surface area contributed by atoms with E-state index in [9.17, 15) is 4.79 Å². The predicted molar refractivity (Wildman–Crippen MR) is 76.8 cm³/mol. The Kier molecular flexibility index (Phi) is 3.55. The molecule has 0 spiro atoms. The van der Waals surface area contributed by atoms with Crippen molar-refractivity contribution in [3.05, 3.63) is 41.1 Å². The van der Waals surface area contributed by atoms with Crippen LogP contribution in [0.2, 0.25) is 0 Å². The minimum atomic E-state index is -0.153. The van der Waals surface area contributed by atoms with E-state index < -0.39 is 0 Å². The summed E-state index contributed by atoms with van der Waals surface area (Å²) >= 11 is 0. The molecule has 2 N–H and O–H groups in total. The fourth-order valence-corrected chi connectivity index (χ4v) is 1.70. The quantitative estimate of drug-likeness (QED) is 0.888. The van der Waals surface area contributed by atoms with Crippen LogP contribution in [0.5, 0.6) is 0 Å². The number of carbonyl (C=O) groups is 1. The zero-order chi connectivity index (χ0) is 14.0. The van der Waals surface area contributed by atoms with Gasteiger partial charge < -0.3 is 10.2 Å². The summed E-state index contributed by atoms with van der Waals surface area (Å²) in [5.41, 5.74) is 3.59. The monoisotopic (exact) mass is 258 g/mol. The molecular formula is C14H18N4O. The third-order valence-corrected chi connectivity index (χ3v) is 3.13. The number of amides is 1. The Labute approximate surface area is 112 Å². The van der Waals surface area contributed by atoms with E-state index in [1.165, 1.54) is 0 Å². The van der Waals surface area contributed by atoms with Gasteiger partial charge in [0.15, 0.2) is 5.82 Å². The number of rotatable bonds is 3. The molecule has 0 aliphatic rings. The highest BCUT2D eigenvalue weighted by Crippen LogP contribution is 2.16. The van der Waals surface area contributed by atoms with Crippen LogP contribution in [0.4, 0.5) is 11.5 Å². The van der Waals surface area contributed by atoms with Gasteiger partial charge in [-0.1, -0.05) is 0 Å². The van der Waals surface area contributed by atoms with Gasteiger partial charge in [-0.05, 0) is 38.1 Å². The normalized spacial score (nSPS) is 10.3. The summed E-state index contributed by atoms with van der Waals surface area (Å²) in [5.74, 6) is 0.430. The molecule has 2 aromatic rings. The van der Waals surface area contributed by atoms with Gasteiger partial charge in [0.1, 0.15) is 0 Å². The number of nitrogens with zero attached hydrogens (tertiary/aromatic N) is 2. The van der Waals surface area contributed by atoms with Crippen molar-refractivity contribution in [1.82, 2.24) is 10.2 Å². The van der Waals surface area contributed by atoms with E-state index in [0.29, 0.717) is 11.4 Å². The third-order valence-electron chi connectivity index (χ3n) is 3.13. The summed E-state index contributed by atoms with van der Waals surface area (Å²) in [6.07, 6.45) is 0. The van der Waals surface area contributed by atoms with Crippen molar-refractivity contribution in [1.29, 1.82) is 0 Å². The first-order valence-electron chi connectivity index (χ1n) is 6.09. The Hall–Kier alpha value is -2.30. The lowest BCUT2D eigenvalue weighted by Crippen LogP contribution is -2.14. The molecule has 0 bridgehead atoms. The van der Waals surface area contributed by atoms with Gasteiger partial charge in [0, 0.05) is 36.6 Å². The van der Waals surface area contributed by atoms with Crippen LogP contribution < -0.4 is 10.2 Å². The van der Waals surface area contributed by atoms with Crippen LogP contribution >= 0.6 is 0 Å². The molecule has 5 heteroatoms. The molecule has 0 aliphatic carbocycles. The Morgan fingerprint density at radius 3 is 2.32 bits per heavy atom. The average Bonchev–Trinajstić information content (AvgIpc) is 2.71. The lowest BCUT2D eigenvalue weighted by molar-refractivity contribution is 0.102. The number of aromatic nitrogens is 2. The van der Waals surface area contributed by atoms with Gasteiger partial charge in [-0.25, -0.2) is 0 Å². The molecule has 0 radical (unpaired) electrons. The van der Waals surface area contributed by atoms with Crippen molar-refractivity contribution in [2.75, 3.05) is 24.3 Å². The Bertz CT molecular complexity index is 584. The van der Waals surface area contributed by atoms with Crippen LogP contribution in [0.1, 0.15) is 21.6 Å². The Morgan fingerprint density at radius 1 is 1.21 bits per heavy atom. The molecule has 100 valence electrons. The van der Waals surface area contributed by atoms with Crippen molar-refractivity contribution >= 4 is 17.4 Å². The first-order valence-corrected chi connectivity index (χ1v) is 6.09. The van der Waals surface area contributed by atoms with Crippen LogP contribution in [-0.4, -0.2) is 30.2 Å². The highest BCUT2D eigenvalue weighted by molar-refractivity contribution is 6.04. The lowest BCUT2D eigenvalue weighted by atomic mass is 10.2. The van der Waals surface area contributed by atoms with Crippen LogP contribution in [0.25, 0.3) is 0 Å². The van der Waals surface area contributed by atoms with Gasteiger partial charge in [-0.2, -0.15) is 5.10 Å². The van der Waals surface area contributed by atoms with Crippen molar-refractivity contribution in [3.8, 4) is 0 Å². The number of aromatic amines is 1. The fourth-order valence-electron chi connectivity index (χ4n) is 1.70. The van der Waals surface area contributed by atoms with Gasteiger partial charge >= 0.3 is 0 Å². The largest absolute Gasteiger partial charge is 0.378 e. The van der Waals surface area contributed by atoms with Crippen molar-refractivity contribution < 1.29 is 4.79 Å².